The molecule has 54 heavy (non-hydrogen) atoms. The minimum Gasteiger partial charge on any atom is -0.423 e. The molecule has 0 bridgehead atoms. The summed E-state index contributed by atoms with van der Waals surface area (Å²) in [5, 5.41) is 18.3. The smallest absolute Gasteiger partial charge is 0.423 e. The topological polar surface area (TPSA) is 118 Å². The highest BCUT2D eigenvalue weighted by Crippen LogP contribution is 2.25. The van der Waals surface area contributed by atoms with Crippen LogP contribution in [0.4, 0.5) is 0 Å². The van der Waals surface area contributed by atoms with Crippen molar-refractivity contribution in [3.63, 3.8) is 0 Å². The predicted molar refractivity (Wildman–Crippen MR) is 218 cm³/mol. The zero-order chi connectivity index (χ0) is 37.7. The maximum absolute atomic E-state index is 8.94. The van der Waals surface area contributed by atoms with Crippen molar-refractivity contribution in [3.8, 4) is 56.4 Å². The van der Waals surface area contributed by atoms with Gasteiger partial charge < -0.3 is 10.0 Å². The van der Waals surface area contributed by atoms with Gasteiger partial charge in [-0.25, -0.2) is 4.98 Å². The van der Waals surface area contributed by atoms with Gasteiger partial charge in [0.1, 0.15) is 0 Å². The average molecular weight is 768 g/mol. The van der Waals surface area contributed by atoms with Crippen molar-refractivity contribution in [3.05, 3.63) is 186 Å². The van der Waals surface area contributed by atoms with Crippen molar-refractivity contribution in [2.75, 3.05) is 0 Å². The molecule has 0 radical (unpaired) electrons. The van der Waals surface area contributed by atoms with E-state index in [1.165, 1.54) is 5.56 Å². The number of benzene rings is 6. The number of rotatable bonds is 6. The maximum atomic E-state index is 8.94. The molecular formula is C42H30BCl3N6O2. The highest BCUT2D eigenvalue weighted by atomic mass is 35.5. The molecule has 2 heterocycles. The third-order valence-corrected chi connectivity index (χ3v) is 8.33. The Labute approximate surface area is 328 Å². The third kappa shape index (κ3) is 10.6. The van der Waals surface area contributed by atoms with Crippen molar-refractivity contribution in [2.24, 2.45) is 0 Å². The first kappa shape index (κ1) is 37.9. The van der Waals surface area contributed by atoms with Crippen LogP contribution in [0, 0.1) is 0 Å². The molecule has 2 aromatic heterocycles. The van der Waals surface area contributed by atoms with Gasteiger partial charge in [-0.1, -0.05) is 170 Å². The van der Waals surface area contributed by atoms with Crippen LogP contribution >= 0.6 is 34.8 Å². The first-order chi connectivity index (χ1) is 26.3. The fourth-order valence-electron chi connectivity index (χ4n) is 5.16. The highest BCUT2D eigenvalue weighted by Gasteiger charge is 2.11. The molecule has 0 spiro atoms. The largest absolute Gasteiger partial charge is 0.488 e. The lowest BCUT2D eigenvalue weighted by atomic mass is 9.80. The van der Waals surface area contributed by atoms with E-state index >= 15 is 0 Å². The molecule has 8 aromatic rings. The molecule has 0 aliphatic carbocycles. The Morgan fingerprint density at radius 2 is 0.556 bits per heavy atom. The minimum absolute atomic E-state index is 0.101. The SMILES string of the molecule is Clc1nc(-c2ccccc2)nc(-c2ccc(-c3ccccc3)cc2)n1.Clc1nc(Cl)nc(-c2ccccc2)n1.OB(O)c1ccc(-c2ccccc2)cc1. The Morgan fingerprint density at radius 3 is 0.926 bits per heavy atom. The van der Waals surface area contributed by atoms with Crippen LogP contribution in [-0.4, -0.2) is 47.1 Å². The van der Waals surface area contributed by atoms with Crippen molar-refractivity contribution >= 4 is 47.4 Å². The molecule has 0 aliphatic heterocycles. The number of hydrogen-bond acceptors (Lipinski definition) is 8. The van der Waals surface area contributed by atoms with E-state index in [1.54, 1.807) is 12.1 Å². The van der Waals surface area contributed by atoms with Crippen LogP contribution in [0.3, 0.4) is 0 Å². The van der Waals surface area contributed by atoms with Crippen molar-refractivity contribution in [2.45, 2.75) is 0 Å². The number of aromatic nitrogens is 6. The average Bonchev–Trinajstić information content (AvgIpc) is 3.22. The van der Waals surface area contributed by atoms with Gasteiger partial charge in [0, 0.05) is 16.7 Å². The van der Waals surface area contributed by atoms with Gasteiger partial charge in [0.15, 0.2) is 17.5 Å². The summed E-state index contributed by atoms with van der Waals surface area (Å²) >= 11 is 17.4. The van der Waals surface area contributed by atoms with E-state index in [-0.39, 0.29) is 15.9 Å². The predicted octanol–water partition coefficient (Wildman–Crippen LogP) is 9.40. The molecule has 0 unspecified atom stereocenters. The van der Waals surface area contributed by atoms with E-state index in [2.05, 4.69) is 54.2 Å². The van der Waals surface area contributed by atoms with Crippen LogP contribution in [0.15, 0.2) is 170 Å². The summed E-state index contributed by atoms with van der Waals surface area (Å²) in [5.41, 5.74) is 7.69. The number of nitrogens with zero attached hydrogens (tertiary/aromatic N) is 6. The number of hydrogen-bond donors (Lipinski definition) is 2. The third-order valence-electron chi connectivity index (χ3n) is 7.82. The zero-order valence-corrected chi connectivity index (χ0v) is 30.7. The summed E-state index contributed by atoms with van der Waals surface area (Å²) in [6.07, 6.45) is 0. The molecule has 0 saturated carbocycles. The summed E-state index contributed by atoms with van der Waals surface area (Å²) in [6, 6.07) is 54.7. The molecule has 0 aliphatic rings. The van der Waals surface area contributed by atoms with E-state index in [1.807, 2.05) is 133 Å². The van der Waals surface area contributed by atoms with Crippen LogP contribution in [0.2, 0.25) is 15.9 Å². The van der Waals surface area contributed by atoms with Crippen molar-refractivity contribution < 1.29 is 10.0 Å². The molecule has 0 atom stereocenters. The van der Waals surface area contributed by atoms with E-state index in [4.69, 9.17) is 44.9 Å². The second-order valence-electron chi connectivity index (χ2n) is 11.5. The Kier molecular flexibility index (Phi) is 13.2. The van der Waals surface area contributed by atoms with Crippen LogP contribution in [0.25, 0.3) is 56.4 Å². The lowest BCUT2D eigenvalue weighted by Crippen LogP contribution is -2.29. The molecule has 0 amide bonds. The zero-order valence-electron chi connectivity index (χ0n) is 28.5. The van der Waals surface area contributed by atoms with Gasteiger partial charge in [-0.2, -0.15) is 24.9 Å². The van der Waals surface area contributed by atoms with E-state index in [0.717, 1.165) is 33.4 Å². The van der Waals surface area contributed by atoms with Gasteiger partial charge in [0.25, 0.3) is 0 Å². The lowest BCUT2D eigenvalue weighted by molar-refractivity contribution is 0.426. The summed E-state index contributed by atoms with van der Waals surface area (Å²) in [4.78, 5) is 24.7. The molecule has 8 rings (SSSR count). The summed E-state index contributed by atoms with van der Waals surface area (Å²) in [5.74, 6) is 1.62. The Bertz CT molecular complexity index is 2360. The van der Waals surface area contributed by atoms with Crippen molar-refractivity contribution in [1.82, 2.24) is 29.9 Å². The van der Waals surface area contributed by atoms with Gasteiger partial charge in [0.05, 0.1) is 0 Å². The standard InChI is InChI=1S/C21H14ClN3.C12H11BO2.C9H5Cl2N3/c22-21-24-19(17-9-5-2-6-10-17)23-20(25-21)18-13-11-16(12-14-18)15-7-3-1-4-8-15;14-13(15)12-8-6-11(7-9-12)10-4-2-1-3-5-10;10-8-12-7(13-9(11)14-8)6-4-2-1-3-5-6/h1-14H;1-9,14-15H;1-5H. The summed E-state index contributed by atoms with van der Waals surface area (Å²) in [7, 11) is -1.39. The van der Waals surface area contributed by atoms with Gasteiger partial charge in [-0.15, -0.1) is 0 Å². The van der Waals surface area contributed by atoms with E-state index in [9.17, 15) is 0 Å². The molecule has 0 fully saturated rings. The Hall–Kier alpha value is -5.81. The van der Waals surface area contributed by atoms with Gasteiger partial charge >= 0.3 is 7.12 Å². The normalized spacial score (nSPS) is 10.3. The molecular weight excluding hydrogens is 738 g/mol. The fourth-order valence-corrected chi connectivity index (χ4v) is 5.68. The van der Waals surface area contributed by atoms with E-state index in [0.29, 0.717) is 22.9 Å². The monoisotopic (exact) mass is 766 g/mol. The molecule has 6 aromatic carbocycles. The van der Waals surface area contributed by atoms with Crippen LogP contribution in [-0.2, 0) is 0 Å². The lowest BCUT2D eigenvalue weighted by Gasteiger charge is -2.06. The first-order valence-corrected chi connectivity index (χ1v) is 17.7. The van der Waals surface area contributed by atoms with Gasteiger partial charge in [-0.05, 0) is 62.5 Å². The maximum Gasteiger partial charge on any atom is 0.488 e. The van der Waals surface area contributed by atoms with Gasteiger partial charge in [-0.3, -0.25) is 0 Å². The fraction of sp³-hybridized carbons (Fsp3) is 0. The second kappa shape index (κ2) is 18.8. The molecule has 264 valence electrons. The van der Waals surface area contributed by atoms with Gasteiger partial charge in [0.2, 0.25) is 15.9 Å². The second-order valence-corrected chi connectivity index (χ2v) is 12.5. The number of halogens is 3. The summed E-state index contributed by atoms with van der Waals surface area (Å²) < 4.78 is 0. The molecule has 2 N–H and O–H groups in total. The Balaban J connectivity index is 0.000000148. The highest BCUT2D eigenvalue weighted by molar-refractivity contribution is 6.58. The molecule has 8 nitrogen and oxygen atoms in total. The molecule has 12 heteroatoms. The summed E-state index contributed by atoms with van der Waals surface area (Å²) in [6.45, 7) is 0. The Morgan fingerprint density at radius 1 is 0.296 bits per heavy atom. The van der Waals surface area contributed by atoms with Crippen LogP contribution in [0.5, 0.6) is 0 Å². The quantitative estimate of drug-likeness (QED) is 0.161. The van der Waals surface area contributed by atoms with Crippen LogP contribution < -0.4 is 5.46 Å². The van der Waals surface area contributed by atoms with Crippen LogP contribution in [0.1, 0.15) is 0 Å². The van der Waals surface area contributed by atoms with E-state index < -0.39 is 7.12 Å². The first-order valence-electron chi connectivity index (χ1n) is 16.6. The minimum atomic E-state index is -1.39. The molecule has 0 saturated heterocycles. The van der Waals surface area contributed by atoms with Crippen molar-refractivity contribution in [1.29, 1.82) is 0 Å².